The largest absolute Gasteiger partial charge is 0.453 e. The number of carbonyl (C=O) groups excluding carboxylic acids is 2. The van der Waals surface area contributed by atoms with Crippen LogP contribution in [0.4, 0.5) is 18.0 Å². The van der Waals surface area contributed by atoms with Gasteiger partial charge in [-0.05, 0) is 43.2 Å². The summed E-state index contributed by atoms with van der Waals surface area (Å²) in [5, 5.41) is 7.09. The molecule has 13 heteroatoms. The number of nitrogens with zero attached hydrogens (tertiary/aromatic N) is 4. The second-order valence-corrected chi connectivity index (χ2v) is 9.01. The Morgan fingerprint density at radius 1 is 1.16 bits per heavy atom. The maximum absolute atomic E-state index is 13.5. The van der Waals surface area contributed by atoms with Crippen molar-refractivity contribution in [2.24, 2.45) is 0 Å². The van der Waals surface area contributed by atoms with Crippen molar-refractivity contribution in [2.45, 2.75) is 26.6 Å². The summed E-state index contributed by atoms with van der Waals surface area (Å²) in [6.45, 7) is 3.79. The molecule has 0 saturated carbocycles. The van der Waals surface area contributed by atoms with Crippen LogP contribution in [0, 0.1) is 13.8 Å². The SMILES string of the molecule is COC(=O)N(Cc1ccc(C)cc1C)NC(=O)c1c(Oc2cccc(C(F)(F)F)c2)cnn1-c1nccs1. The number of aromatic nitrogens is 3. The Bertz CT molecular complexity index is 1450. The molecule has 2 heterocycles. The monoisotopic (exact) mass is 545 g/mol. The molecule has 0 unspecified atom stereocenters. The number of benzene rings is 2. The van der Waals surface area contributed by atoms with Crippen molar-refractivity contribution in [1.82, 2.24) is 25.2 Å². The average molecular weight is 546 g/mol. The molecule has 38 heavy (non-hydrogen) atoms. The standard InChI is InChI=1S/C25H22F3N5O4S/c1-15-7-8-17(16(2)11-15)14-32(24(35)36-3)31-22(34)21-20(13-30-33(21)23-29-9-10-38-23)37-19-6-4-5-18(12-19)25(26,27)28/h4-13H,14H2,1-3H3,(H,31,34). The third-order valence-electron chi connectivity index (χ3n) is 5.40. The first-order valence-corrected chi connectivity index (χ1v) is 12.0. The molecule has 4 aromatic rings. The zero-order chi connectivity index (χ0) is 27.4. The van der Waals surface area contributed by atoms with Gasteiger partial charge in [0.2, 0.25) is 5.13 Å². The molecule has 0 aliphatic rings. The molecule has 2 aromatic heterocycles. The molecule has 0 saturated heterocycles. The van der Waals surface area contributed by atoms with Crippen LogP contribution in [0.2, 0.25) is 0 Å². The minimum absolute atomic E-state index is 0.0142. The summed E-state index contributed by atoms with van der Waals surface area (Å²) in [6.07, 6.45) is -2.74. The van der Waals surface area contributed by atoms with Crippen LogP contribution >= 0.6 is 11.3 Å². The van der Waals surface area contributed by atoms with E-state index >= 15 is 0 Å². The van der Waals surface area contributed by atoms with Crippen molar-refractivity contribution in [3.05, 3.63) is 88.2 Å². The third-order valence-corrected chi connectivity index (χ3v) is 6.15. The number of hydrogen-bond acceptors (Lipinski definition) is 7. The van der Waals surface area contributed by atoms with E-state index in [1.807, 2.05) is 32.0 Å². The molecule has 198 valence electrons. The zero-order valence-electron chi connectivity index (χ0n) is 20.4. The fourth-order valence-corrected chi connectivity index (χ4v) is 4.18. The molecule has 0 bridgehead atoms. The molecule has 4 rings (SSSR count). The molecule has 9 nitrogen and oxygen atoms in total. The van der Waals surface area contributed by atoms with Crippen LogP contribution in [-0.2, 0) is 17.5 Å². The van der Waals surface area contributed by atoms with Crippen molar-refractivity contribution in [3.63, 3.8) is 0 Å². The number of nitrogens with one attached hydrogen (secondary N) is 1. The lowest BCUT2D eigenvalue weighted by Gasteiger charge is -2.23. The highest BCUT2D eigenvalue weighted by Crippen LogP contribution is 2.34. The number of aryl methyl sites for hydroxylation is 2. The lowest BCUT2D eigenvalue weighted by atomic mass is 10.1. The predicted octanol–water partition coefficient (Wildman–Crippen LogP) is 5.67. The van der Waals surface area contributed by atoms with E-state index in [2.05, 4.69) is 15.5 Å². The van der Waals surface area contributed by atoms with Gasteiger partial charge in [-0.1, -0.05) is 29.8 Å². The number of carbonyl (C=O) groups is 2. The second-order valence-electron chi connectivity index (χ2n) is 8.14. The fraction of sp³-hybridized carbons (Fsp3) is 0.200. The van der Waals surface area contributed by atoms with Gasteiger partial charge in [0, 0.05) is 11.6 Å². The van der Waals surface area contributed by atoms with Crippen molar-refractivity contribution >= 4 is 23.3 Å². The maximum Gasteiger partial charge on any atom is 0.428 e. The van der Waals surface area contributed by atoms with Crippen LogP contribution in [0.5, 0.6) is 11.5 Å². The fourth-order valence-electron chi connectivity index (χ4n) is 3.57. The smallest absolute Gasteiger partial charge is 0.428 e. The summed E-state index contributed by atoms with van der Waals surface area (Å²) in [5.41, 5.74) is 4.08. The van der Waals surface area contributed by atoms with Crippen molar-refractivity contribution in [3.8, 4) is 16.6 Å². The summed E-state index contributed by atoms with van der Waals surface area (Å²) >= 11 is 1.17. The lowest BCUT2D eigenvalue weighted by molar-refractivity contribution is -0.137. The summed E-state index contributed by atoms with van der Waals surface area (Å²) in [6, 6.07) is 9.85. The molecule has 1 N–H and O–H groups in total. The first kappa shape index (κ1) is 26.7. The third kappa shape index (κ3) is 5.94. The number of thiazole rings is 1. The van der Waals surface area contributed by atoms with Gasteiger partial charge in [0.25, 0.3) is 5.91 Å². The molecule has 0 aliphatic heterocycles. The summed E-state index contributed by atoms with van der Waals surface area (Å²) in [5.74, 6) is -1.13. The minimum atomic E-state index is -4.58. The normalized spacial score (nSPS) is 11.2. The number of alkyl halides is 3. The van der Waals surface area contributed by atoms with E-state index in [-0.39, 0.29) is 23.7 Å². The Morgan fingerprint density at radius 3 is 2.61 bits per heavy atom. The van der Waals surface area contributed by atoms with E-state index in [1.54, 1.807) is 5.38 Å². The number of hydrazine groups is 1. The molecule has 0 aliphatic carbocycles. The Balaban J connectivity index is 1.68. The second kappa shape index (κ2) is 10.9. The van der Waals surface area contributed by atoms with Gasteiger partial charge in [-0.3, -0.25) is 10.2 Å². The molecule has 2 amide bonds. The first-order valence-electron chi connectivity index (χ1n) is 11.1. The number of hydrogen-bond donors (Lipinski definition) is 1. The van der Waals surface area contributed by atoms with Crippen LogP contribution < -0.4 is 10.2 Å². The predicted molar refractivity (Wildman–Crippen MR) is 132 cm³/mol. The van der Waals surface area contributed by atoms with Gasteiger partial charge in [0.05, 0.1) is 25.4 Å². The summed E-state index contributed by atoms with van der Waals surface area (Å²) in [4.78, 5) is 30.2. The number of rotatable bonds is 6. The highest BCUT2D eigenvalue weighted by Gasteiger charge is 2.31. The van der Waals surface area contributed by atoms with Gasteiger partial charge in [-0.25, -0.2) is 14.8 Å². The van der Waals surface area contributed by atoms with E-state index in [4.69, 9.17) is 9.47 Å². The molecule has 0 fully saturated rings. The summed E-state index contributed by atoms with van der Waals surface area (Å²) in [7, 11) is 1.17. The van der Waals surface area contributed by atoms with Gasteiger partial charge in [0.15, 0.2) is 11.4 Å². The quantitative estimate of drug-likeness (QED) is 0.314. The lowest BCUT2D eigenvalue weighted by Crippen LogP contribution is -2.46. The van der Waals surface area contributed by atoms with E-state index < -0.39 is 23.7 Å². The van der Waals surface area contributed by atoms with Crippen molar-refractivity contribution in [2.75, 3.05) is 7.11 Å². The van der Waals surface area contributed by atoms with E-state index in [9.17, 15) is 22.8 Å². The minimum Gasteiger partial charge on any atom is -0.453 e. The Morgan fingerprint density at radius 2 is 1.95 bits per heavy atom. The van der Waals surface area contributed by atoms with Crippen LogP contribution in [0.1, 0.15) is 32.7 Å². The highest BCUT2D eigenvalue weighted by atomic mass is 32.1. The van der Waals surface area contributed by atoms with E-state index in [1.165, 1.54) is 47.7 Å². The molecular weight excluding hydrogens is 523 g/mol. The van der Waals surface area contributed by atoms with Gasteiger partial charge in [0.1, 0.15) is 5.75 Å². The molecule has 0 atom stereocenters. The molecule has 2 aromatic carbocycles. The highest BCUT2D eigenvalue weighted by molar-refractivity contribution is 7.12. The van der Waals surface area contributed by atoms with Crippen LogP contribution in [0.3, 0.4) is 0 Å². The van der Waals surface area contributed by atoms with Crippen LogP contribution in [0.15, 0.2) is 60.2 Å². The van der Waals surface area contributed by atoms with Crippen molar-refractivity contribution < 1.29 is 32.2 Å². The van der Waals surface area contributed by atoms with E-state index in [0.29, 0.717) is 5.13 Å². The number of methoxy groups -OCH3 is 1. The zero-order valence-corrected chi connectivity index (χ0v) is 21.3. The molecule has 0 radical (unpaired) electrons. The number of ether oxygens (including phenoxy) is 2. The van der Waals surface area contributed by atoms with E-state index in [0.717, 1.165) is 33.8 Å². The topological polar surface area (TPSA) is 98.6 Å². The number of halogens is 3. The molecular formula is C25H22F3N5O4S. The summed E-state index contributed by atoms with van der Waals surface area (Å²) < 4.78 is 51.3. The van der Waals surface area contributed by atoms with Crippen molar-refractivity contribution in [1.29, 1.82) is 0 Å². The maximum atomic E-state index is 13.5. The first-order chi connectivity index (χ1) is 18.1. The Hall–Kier alpha value is -4.39. The van der Waals surface area contributed by atoms with Gasteiger partial charge < -0.3 is 9.47 Å². The Kier molecular flexibility index (Phi) is 7.67. The number of amides is 2. The van der Waals surface area contributed by atoms with Gasteiger partial charge in [-0.2, -0.15) is 23.0 Å². The molecule has 0 spiro atoms. The average Bonchev–Trinajstić information content (AvgIpc) is 3.54. The Labute approximate surface area is 219 Å². The van der Waals surface area contributed by atoms with Crippen LogP contribution in [0.25, 0.3) is 5.13 Å². The van der Waals surface area contributed by atoms with Gasteiger partial charge in [-0.15, -0.1) is 11.3 Å². The van der Waals surface area contributed by atoms with Gasteiger partial charge >= 0.3 is 12.3 Å². The van der Waals surface area contributed by atoms with Crippen LogP contribution in [-0.4, -0.2) is 38.9 Å².